The summed E-state index contributed by atoms with van der Waals surface area (Å²) in [7, 11) is 1.90. The summed E-state index contributed by atoms with van der Waals surface area (Å²) in [5.74, 6) is 2.48. The van der Waals surface area contributed by atoms with Crippen LogP contribution in [0.4, 0.5) is 0 Å². The molecule has 0 fully saturated rings. The molecular formula is C15H33BOS2. The molecule has 0 heterocycles. The molecule has 0 aromatic carbocycles. The predicted octanol–water partition coefficient (Wildman–Crippen LogP) is 5.24. The number of rotatable bonds is 14. The van der Waals surface area contributed by atoms with Gasteiger partial charge >= 0.3 is 0 Å². The van der Waals surface area contributed by atoms with E-state index in [-0.39, 0.29) is 4.27 Å². The highest BCUT2D eigenvalue weighted by atomic mass is 32.2. The minimum atomic E-state index is 0.0253. The van der Waals surface area contributed by atoms with Gasteiger partial charge in [0, 0.05) is 0 Å². The second-order valence-corrected chi connectivity index (χ2v) is 8.07. The molecule has 4 heteroatoms. The molecule has 0 radical (unpaired) electrons. The minimum absolute atomic E-state index is 0.0253. The summed E-state index contributed by atoms with van der Waals surface area (Å²) < 4.78 is 5.95. The summed E-state index contributed by atoms with van der Waals surface area (Å²) in [6, 6.07) is 0. The lowest BCUT2D eigenvalue weighted by atomic mass is 10.2. The van der Waals surface area contributed by atoms with E-state index in [1.807, 2.05) is 31.6 Å². The van der Waals surface area contributed by atoms with Gasteiger partial charge in [-0.1, -0.05) is 52.9 Å². The van der Waals surface area contributed by atoms with E-state index in [2.05, 4.69) is 20.8 Å². The van der Waals surface area contributed by atoms with Crippen molar-refractivity contribution in [2.24, 2.45) is 0 Å². The van der Waals surface area contributed by atoms with Gasteiger partial charge in [0.15, 0.2) is 0 Å². The Balaban J connectivity index is 4.15. The summed E-state index contributed by atoms with van der Waals surface area (Å²) in [6.45, 7) is 6.81. The third-order valence-electron chi connectivity index (χ3n) is 3.29. The molecule has 1 nitrogen and oxygen atoms in total. The second kappa shape index (κ2) is 13.7. The highest BCUT2D eigenvalue weighted by Crippen LogP contribution is 2.43. The first kappa shape index (κ1) is 19.7. The van der Waals surface area contributed by atoms with Gasteiger partial charge in [-0.05, 0) is 37.2 Å². The number of hydrogen-bond acceptors (Lipinski definition) is 3. The van der Waals surface area contributed by atoms with Crippen LogP contribution in [-0.4, -0.2) is 23.8 Å². The van der Waals surface area contributed by atoms with Gasteiger partial charge in [0.05, 0.1) is 0 Å². The van der Waals surface area contributed by atoms with Gasteiger partial charge in [-0.25, -0.2) is 0 Å². The molecule has 114 valence electrons. The maximum absolute atomic E-state index is 5.93. The fraction of sp³-hybridized carbons (Fsp3) is 1.00. The Kier molecular flexibility index (Phi) is 14.2. The van der Waals surface area contributed by atoms with E-state index in [1.54, 1.807) is 0 Å². The van der Waals surface area contributed by atoms with E-state index in [1.165, 1.54) is 69.3 Å². The first-order valence-electron chi connectivity index (χ1n) is 8.07. The summed E-state index contributed by atoms with van der Waals surface area (Å²) in [5, 5.41) is 0. The van der Waals surface area contributed by atoms with Gasteiger partial charge in [-0.2, -0.15) is 0 Å². The standard InChI is InChI=1S/C15H33BOS2/c1-4-7-10-13-18-15(17-16,12-9-6-3)19-14-11-8-5-2/h4-14,16H2,1-3H3. The summed E-state index contributed by atoms with van der Waals surface area (Å²) in [5.41, 5.74) is 0. The smallest absolute Gasteiger partial charge is 0.260 e. The zero-order valence-electron chi connectivity index (χ0n) is 13.5. The molecule has 0 aliphatic rings. The first-order valence-corrected chi connectivity index (χ1v) is 10.0. The Morgan fingerprint density at radius 3 is 1.63 bits per heavy atom. The highest BCUT2D eigenvalue weighted by molar-refractivity contribution is 8.18. The summed E-state index contributed by atoms with van der Waals surface area (Å²) in [6.07, 6.45) is 11.7. The lowest BCUT2D eigenvalue weighted by Gasteiger charge is -2.32. The lowest BCUT2D eigenvalue weighted by molar-refractivity contribution is 0.265. The van der Waals surface area contributed by atoms with Crippen LogP contribution >= 0.6 is 23.5 Å². The van der Waals surface area contributed by atoms with E-state index < -0.39 is 0 Å². The van der Waals surface area contributed by atoms with E-state index in [9.17, 15) is 0 Å². The fourth-order valence-corrected chi connectivity index (χ4v) is 4.92. The molecule has 0 aromatic heterocycles. The molecular weight excluding hydrogens is 271 g/mol. The van der Waals surface area contributed by atoms with Crippen molar-refractivity contribution in [2.45, 2.75) is 82.8 Å². The predicted molar refractivity (Wildman–Crippen MR) is 95.9 cm³/mol. The topological polar surface area (TPSA) is 9.23 Å². The molecule has 0 aliphatic carbocycles. The monoisotopic (exact) mass is 304 g/mol. The third-order valence-corrected chi connectivity index (χ3v) is 6.60. The zero-order valence-corrected chi connectivity index (χ0v) is 15.1. The number of thioether (sulfide) groups is 2. The van der Waals surface area contributed by atoms with E-state index >= 15 is 0 Å². The van der Waals surface area contributed by atoms with Crippen LogP contribution in [0.1, 0.15) is 78.6 Å². The Labute approximate surface area is 130 Å². The Hall–Kier alpha value is 0.725. The van der Waals surface area contributed by atoms with Gasteiger partial charge in [0.2, 0.25) is 0 Å². The maximum Gasteiger partial charge on any atom is 0.260 e. The van der Waals surface area contributed by atoms with E-state index in [0.717, 1.165) is 0 Å². The van der Waals surface area contributed by atoms with Gasteiger partial charge < -0.3 is 4.65 Å². The van der Waals surface area contributed by atoms with Crippen LogP contribution in [0.25, 0.3) is 0 Å². The summed E-state index contributed by atoms with van der Waals surface area (Å²) >= 11 is 4.10. The normalized spacial score (nSPS) is 11.9. The van der Waals surface area contributed by atoms with Crippen LogP contribution in [0.15, 0.2) is 0 Å². The third kappa shape index (κ3) is 10.1. The lowest BCUT2D eigenvalue weighted by Crippen LogP contribution is -2.25. The first-order chi connectivity index (χ1) is 9.24. The van der Waals surface area contributed by atoms with E-state index in [4.69, 9.17) is 4.65 Å². The van der Waals surface area contributed by atoms with Crippen molar-refractivity contribution >= 4 is 31.6 Å². The van der Waals surface area contributed by atoms with Crippen molar-refractivity contribution in [3.05, 3.63) is 0 Å². The van der Waals surface area contributed by atoms with Crippen LogP contribution in [0, 0.1) is 0 Å². The van der Waals surface area contributed by atoms with Crippen LogP contribution < -0.4 is 0 Å². The average Bonchev–Trinajstić information content (AvgIpc) is 2.45. The number of unbranched alkanes of at least 4 members (excludes halogenated alkanes) is 5. The molecule has 0 unspecified atom stereocenters. The average molecular weight is 304 g/mol. The highest BCUT2D eigenvalue weighted by Gasteiger charge is 2.29. The van der Waals surface area contributed by atoms with Crippen molar-refractivity contribution in [1.82, 2.24) is 0 Å². The molecule has 0 spiro atoms. The summed E-state index contributed by atoms with van der Waals surface area (Å²) in [4.78, 5) is 0. The SMILES string of the molecule is BOC(CCCC)(SCCCCC)SCCCCC. The largest absolute Gasteiger partial charge is 0.423 e. The van der Waals surface area contributed by atoms with Crippen molar-refractivity contribution in [3.63, 3.8) is 0 Å². The molecule has 19 heavy (non-hydrogen) atoms. The molecule has 0 amide bonds. The van der Waals surface area contributed by atoms with Crippen LogP contribution in [0.2, 0.25) is 0 Å². The Bertz CT molecular complexity index is 179. The van der Waals surface area contributed by atoms with Gasteiger partial charge in [0.25, 0.3) is 8.05 Å². The molecule has 0 aliphatic heterocycles. The molecule has 0 rings (SSSR count). The molecule has 0 saturated heterocycles. The minimum Gasteiger partial charge on any atom is -0.423 e. The Morgan fingerprint density at radius 2 is 1.26 bits per heavy atom. The van der Waals surface area contributed by atoms with Crippen molar-refractivity contribution in [1.29, 1.82) is 0 Å². The zero-order chi connectivity index (χ0) is 14.4. The molecule has 0 N–H and O–H groups in total. The van der Waals surface area contributed by atoms with E-state index in [0.29, 0.717) is 0 Å². The molecule has 0 atom stereocenters. The number of hydrogen-bond donors (Lipinski definition) is 0. The van der Waals surface area contributed by atoms with Crippen LogP contribution in [-0.2, 0) is 4.65 Å². The molecule has 0 aromatic rings. The quantitative estimate of drug-likeness (QED) is 0.247. The van der Waals surface area contributed by atoms with Crippen molar-refractivity contribution in [2.75, 3.05) is 11.5 Å². The van der Waals surface area contributed by atoms with Gasteiger partial charge in [-0.15, -0.1) is 23.5 Å². The maximum atomic E-state index is 5.93. The van der Waals surface area contributed by atoms with Crippen LogP contribution in [0.3, 0.4) is 0 Å². The fourth-order valence-electron chi connectivity index (χ4n) is 1.96. The van der Waals surface area contributed by atoms with Gasteiger partial charge in [0.1, 0.15) is 4.27 Å². The second-order valence-electron chi connectivity index (χ2n) is 5.10. The molecule has 0 bridgehead atoms. The Morgan fingerprint density at radius 1 is 0.789 bits per heavy atom. The van der Waals surface area contributed by atoms with Gasteiger partial charge in [-0.3, -0.25) is 0 Å². The van der Waals surface area contributed by atoms with Crippen molar-refractivity contribution < 1.29 is 4.65 Å². The van der Waals surface area contributed by atoms with Crippen molar-refractivity contribution in [3.8, 4) is 0 Å². The molecule has 0 saturated carbocycles. The van der Waals surface area contributed by atoms with Crippen LogP contribution in [0.5, 0.6) is 0 Å².